The van der Waals surface area contributed by atoms with E-state index < -0.39 is 11.8 Å². The summed E-state index contributed by atoms with van der Waals surface area (Å²) in [5.74, 6) is -0.998. The van der Waals surface area contributed by atoms with Gasteiger partial charge in [0.1, 0.15) is 0 Å². The molecule has 0 radical (unpaired) electrons. The molecule has 1 heterocycles. The summed E-state index contributed by atoms with van der Waals surface area (Å²) in [6.45, 7) is 1.21. The van der Waals surface area contributed by atoms with Crippen molar-refractivity contribution in [1.82, 2.24) is 15.0 Å². The van der Waals surface area contributed by atoms with Gasteiger partial charge in [-0.15, -0.1) is 0 Å². The zero-order chi connectivity index (χ0) is 13.5. The number of rotatable bonds is 6. The van der Waals surface area contributed by atoms with E-state index in [-0.39, 0.29) is 6.42 Å². The van der Waals surface area contributed by atoms with E-state index in [9.17, 15) is 8.78 Å². The van der Waals surface area contributed by atoms with Crippen LogP contribution in [0.5, 0.6) is 0 Å². The largest absolute Gasteiger partial charge is 0.339 e. The van der Waals surface area contributed by atoms with Crippen LogP contribution in [0, 0.1) is 5.92 Å². The molecule has 0 amide bonds. The van der Waals surface area contributed by atoms with E-state index in [0.717, 1.165) is 18.7 Å². The fourth-order valence-corrected chi connectivity index (χ4v) is 2.43. The van der Waals surface area contributed by atoms with Gasteiger partial charge < -0.3 is 4.52 Å². The fourth-order valence-electron chi connectivity index (χ4n) is 2.43. The van der Waals surface area contributed by atoms with E-state index in [1.165, 1.54) is 6.42 Å². The van der Waals surface area contributed by atoms with Gasteiger partial charge in [0.05, 0.1) is 6.54 Å². The van der Waals surface area contributed by atoms with Crippen LogP contribution >= 0.6 is 0 Å². The second-order valence-electron chi connectivity index (χ2n) is 5.87. The summed E-state index contributed by atoms with van der Waals surface area (Å²) in [6, 6.07) is 0. The van der Waals surface area contributed by atoms with E-state index >= 15 is 0 Å². The first-order valence-corrected chi connectivity index (χ1v) is 6.93. The lowest BCUT2D eigenvalue weighted by atomic mass is 9.85. The molecule has 3 rings (SSSR count). The Morgan fingerprint density at radius 3 is 2.74 bits per heavy atom. The number of alkyl halides is 2. The van der Waals surface area contributed by atoms with Gasteiger partial charge in [-0.25, -0.2) is 8.78 Å². The van der Waals surface area contributed by atoms with Crippen LogP contribution in [0.3, 0.4) is 0 Å². The molecule has 4 nitrogen and oxygen atoms in total. The lowest BCUT2D eigenvalue weighted by Gasteiger charge is -2.20. The van der Waals surface area contributed by atoms with Crippen LogP contribution in [0.2, 0.25) is 0 Å². The molecule has 1 aromatic rings. The highest BCUT2D eigenvalue weighted by Gasteiger charge is 2.55. The molecule has 0 unspecified atom stereocenters. The SMILES string of the molecule is CN(CC[C@H]1CC1(F)F)Cc1noc(C2CCC2)n1. The molecule has 106 valence electrons. The van der Waals surface area contributed by atoms with Crippen molar-refractivity contribution >= 4 is 0 Å². The summed E-state index contributed by atoms with van der Waals surface area (Å²) in [5.41, 5.74) is 0. The quantitative estimate of drug-likeness (QED) is 0.798. The molecule has 2 fully saturated rings. The normalized spacial score (nSPS) is 25.6. The van der Waals surface area contributed by atoms with Crippen LogP contribution < -0.4 is 0 Å². The Hall–Kier alpha value is -1.04. The first kappa shape index (κ1) is 13.0. The molecule has 6 heteroatoms. The van der Waals surface area contributed by atoms with E-state index in [0.29, 0.717) is 31.3 Å². The molecular formula is C13H19F2N3O. The average molecular weight is 271 g/mol. The monoisotopic (exact) mass is 271 g/mol. The molecule has 2 aliphatic carbocycles. The molecule has 2 aliphatic rings. The van der Waals surface area contributed by atoms with E-state index in [1.807, 2.05) is 11.9 Å². The van der Waals surface area contributed by atoms with Crippen molar-refractivity contribution in [1.29, 1.82) is 0 Å². The third kappa shape index (κ3) is 2.94. The highest BCUT2D eigenvalue weighted by molar-refractivity contribution is 4.98. The highest BCUT2D eigenvalue weighted by Crippen LogP contribution is 2.50. The van der Waals surface area contributed by atoms with Crippen LogP contribution in [-0.2, 0) is 6.54 Å². The number of halogens is 2. The molecule has 1 atom stereocenters. The number of aromatic nitrogens is 2. The van der Waals surface area contributed by atoms with Crippen molar-refractivity contribution in [3.63, 3.8) is 0 Å². The van der Waals surface area contributed by atoms with Crippen LogP contribution in [0.4, 0.5) is 8.78 Å². The summed E-state index contributed by atoms with van der Waals surface area (Å²) in [6.07, 6.45) is 4.09. The molecule has 0 N–H and O–H groups in total. The van der Waals surface area contributed by atoms with Crippen LogP contribution in [0.1, 0.15) is 49.7 Å². The second-order valence-corrected chi connectivity index (χ2v) is 5.87. The molecule has 0 saturated heterocycles. The van der Waals surface area contributed by atoms with Crippen molar-refractivity contribution in [3.8, 4) is 0 Å². The summed E-state index contributed by atoms with van der Waals surface area (Å²) in [5, 5.41) is 3.95. The Morgan fingerprint density at radius 2 is 2.16 bits per heavy atom. The predicted octanol–water partition coefficient (Wildman–Crippen LogP) is 2.81. The Bertz CT molecular complexity index is 445. The third-order valence-electron chi connectivity index (χ3n) is 4.16. The minimum absolute atomic E-state index is 0.0505. The number of hydrogen-bond donors (Lipinski definition) is 0. The van der Waals surface area contributed by atoms with E-state index in [2.05, 4.69) is 10.1 Å². The van der Waals surface area contributed by atoms with Gasteiger partial charge >= 0.3 is 0 Å². The molecule has 0 aliphatic heterocycles. The zero-order valence-corrected chi connectivity index (χ0v) is 11.1. The highest BCUT2D eigenvalue weighted by atomic mass is 19.3. The predicted molar refractivity (Wildman–Crippen MR) is 64.9 cm³/mol. The summed E-state index contributed by atoms with van der Waals surface area (Å²) >= 11 is 0. The van der Waals surface area contributed by atoms with Crippen LogP contribution in [-0.4, -0.2) is 34.6 Å². The summed E-state index contributed by atoms with van der Waals surface area (Å²) < 4.78 is 30.7. The Balaban J connectivity index is 1.43. The molecule has 0 bridgehead atoms. The van der Waals surface area contributed by atoms with Gasteiger partial charge in [-0.2, -0.15) is 4.98 Å². The average Bonchev–Trinajstić information content (AvgIpc) is 2.67. The van der Waals surface area contributed by atoms with Gasteiger partial charge in [-0.1, -0.05) is 11.6 Å². The van der Waals surface area contributed by atoms with Crippen molar-refractivity contribution in [3.05, 3.63) is 11.7 Å². The van der Waals surface area contributed by atoms with Gasteiger partial charge in [-0.3, -0.25) is 4.90 Å². The Morgan fingerprint density at radius 1 is 1.42 bits per heavy atom. The molecule has 0 aromatic carbocycles. The maximum Gasteiger partial charge on any atom is 0.251 e. The molecule has 1 aromatic heterocycles. The lowest BCUT2D eigenvalue weighted by molar-refractivity contribution is 0.0943. The van der Waals surface area contributed by atoms with Gasteiger partial charge in [0.25, 0.3) is 5.92 Å². The van der Waals surface area contributed by atoms with Crippen molar-refractivity contribution in [2.75, 3.05) is 13.6 Å². The molecular weight excluding hydrogens is 252 g/mol. The standard InChI is InChI=1S/C13H19F2N3O/c1-18(6-5-10-7-13(10,14)15)8-11-16-12(19-17-11)9-3-2-4-9/h9-10H,2-8H2,1H3/t10-/m0/s1. The van der Waals surface area contributed by atoms with E-state index in [1.54, 1.807) is 0 Å². The van der Waals surface area contributed by atoms with Gasteiger partial charge in [-0.05, 0) is 32.9 Å². The summed E-state index contributed by atoms with van der Waals surface area (Å²) in [7, 11) is 1.90. The topological polar surface area (TPSA) is 42.2 Å². The molecule has 2 saturated carbocycles. The number of nitrogens with zero attached hydrogens (tertiary/aromatic N) is 3. The fraction of sp³-hybridized carbons (Fsp3) is 0.846. The first-order chi connectivity index (χ1) is 9.04. The Kier molecular flexibility index (Phi) is 3.28. The van der Waals surface area contributed by atoms with Crippen LogP contribution in [0.15, 0.2) is 4.52 Å². The van der Waals surface area contributed by atoms with Crippen molar-refractivity contribution in [2.24, 2.45) is 5.92 Å². The van der Waals surface area contributed by atoms with Crippen LogP contribution in [0.25, 0.3) is 0 Å². The zero-order valence-electron chi connectivity index (χ0n) is 11.1. The maximum absolute atomic E-state index is 12.8. The maximum atomic E-state index is 12.8. The number of hydrogen-bond acceptors (Lipinski definition) is 4. The third-order valence-corrected chi connectivity index (χ3v) is 4.16. The summed E-state index contributed by atoms with van der Waals surface area (Å²) in [4.78, 5) is 6.35. The van der Waals surface area contributed by atoms with Crippen molar-refractivity contribution in [2.45, 2.75) is 50.5 Å². The van der Waals surface area contributed by atoms with Gasteiger partial charge in [0.15, 0.2) is 5.82 Å². The van der Waals surface area contributed by atoms with E-state index in [4.69, 9.17) is 4.52 Å². The van der Waals surface area contributed by atoms with Gasteiger partial charge in [0, 0.05) is 18.3 Å². The minimum Gasteiger partial charge on any atom is -0.339 e. The smallest absolute Gasteiger partial charge is 0.251 e. The molecule has 19 heavy (non-hydrogen) atoms. The minimum atomic E-state index is -2.41. The lowest BCUT2D eigenvalue weighted by Crippen LogP contribution is -2.21. The Labute approximate surface area is 111 Å². The second kappa shape index (κ2) is 4.81. The molecule has 0 spiro atoms. The first-order valence-electron chi connectivity index (χ1n) is 6.93. The van der Waals surface area contributed by atoms with Gasteiger partial charge in [0.2, 0.25) is 5.89 Å². The van der Waals surface area contributed by atoms with Crippen molar-refractivity contribution < 1.29 is 13.3 Å².